The molecule has 17 heteroatoms. The van der Waals surface area contributed by atoms with Gasteiger partial charge in [0.2, 0.25) is 18.9 Å². The van der Waals surface area contributed by atoms with Crippen LogP contribution in [0.15, 0.2) is 0 Å². The van der Waals surface area contributed by atoms with Gasteiger partial charge in [0, 0.05) is 0 Å². The first-order chi connectivity index (χ1) is 18.4. The molecule has 1 aliphatic rings. The van der Waals surface area contributed by atoms with Gasteiger partial charge in [-0.1, -0.05) is 0 Å². The van der Waals surface area contributed by atoms with Crippen molar-refractivity contribution in [1.82, 2.24) is 0 Å². The molecule has 1 aliphatic heterocycles. The monoisotopic (exact) mass is 636 g/mol. The van der Waals surface area contributed by atoms with Crippen LogP contribution in [0.3, 0.4) is 0 Å². The molecule has 8 atom stereocenters. The van der Waals surface area contributed by atoms with Crippen molar-refractivity contribution in [2.24, 2.45) is 0 Å². The Morgan fingerprint density at radius 3 is 1.46 bits per heavy atom. The van der Waals surface area contributed by atoms with E-state index in [1.165, 1.54) is 27.7 Å². The van der Waals surface area contributed by atoms with Crippen molar-refractivity contribution in [3.05, 3.63) is 0 Å². The van der Waals surface area contributed by atoms with E-state index in [0.717, 1.165) is 0 Å². The molecule has 1 fully saturated rings. The highest BCUT2D eigenvalue weighted by Gasteiger charge is 2.46. The lowest BCUT2D eigenvalue weighted by atomic mass is 9.99. The highest BCUT2D eigenvalue weighted by atomic mass is 32.1. The first-order valence-electron chi connectivity index (χ1n) is 11.8. The summed E-state index contributed by atoms with van der Waals surface area (Å²) in [6, 6.07) is 0. The molecule has 226 valence electrons. The number of rotatable bonds is 17. The Bertz CT molecular complexity index is 789. The minimum Gasteiger partial charge on any atom is -0.435 e. The molecule has 0 saturated carbocycles. The second kappa shape index (κ2) is 19.2. The Morgan fingerprint density at radius 2 is 1.03 bits per heavy atom. The zero-order valence-electron chi connectivity index (χ0n) is 22.0. The van der Waals surface area contributed by atoms with Crippen molar-refractivity contribution in [1.29, 1.82) is 0 Å². The van der Waals surface area contributed by atoms with E-state index >= 15 is 0 Å². The minimum atomic E-state index is -1.10. The summed E-state index contributed by atoms with van der Waals surface area (Å²) in [7, 11) is 0. The molecule has 13 nitrogen and oxygen atoms in total. The van der Waals surface area contributed by atoms with Crippen molar-refractivity contribution in [2.75, 3.05) is 36.2 Å². The Kier molecular flexibility index (Phi) is 17.8. The summed E-state index contributed by atoms with van der Waals surface area (Å²) < 4.78 is 49.9. The fourth-order valence-corrected chi connectivity index (χ4v) is 3.65. The quantitative estimate of drug-likeness (QED) is 0.0773. The maximum absolute atomic E-state index is 11.8. The third-order valence-electron chi connectivity index (χ3n) is 4.80. The van der Waals surface area contributed by atoms with Gasteiger partial charge < -0.3 is 42.6 Å². The standard InChI is InChI=1S/C22H36O13S4/c1-11(30-17(23)7-36)27-5-15-21(34-13(3)32-19(25)9-38)22(35-14(4)33-20(26)10-39)16(6-28-15)29-12(2)31-18(24)8-37/h11-16,21-22,36-39H,5-10H2,1-4H3. The molecule has 0 aromatic rings. The second-order valence-electron chi connectivity index (χ2n) is 7.94. The molecule has 1 rings (SSSR count). The molecule has 0 aromatic carbocycles. The van der Waals surface area contributed by atoms with Crippen molar-refractivity contribution in [2.45, 2.75) is 77.3 Å². The topological polar surface area (TPSA) is 151 Å². The summed E-state index contributed by atoms with van der Waals surface area (Å²) in [4.78, 5) is 46.8. The van der Waals surface area contributed by atoms with Crippen LogP contribution in [0.25, 0.3) is 0 Å². The lowest BCUT2D eigenvalue weighted by Crippen LogP contribution is -2.60. The van der Waals surface area contributed by atoms with Crippen LogP contribution in [0.4, 0.5) is 0 Å². The molecular weight excluding hydrogens is 600 g/mol. The van der Waals surface area contributed by atoms with Crippen LogP contribution in [0.2, 0.25) is 0 Å². The van der Waals surface area contributed by atoms with Gasteiger partial charge in [-0.25, -0.2) is 0 Å². The highest BCUT2D eigenvalue weighted by molar-refractivity contribution is 7.81. The van der Waals surface area contributed by atoms with E-state index < -0.39 is 73.5 Å². The molecule has 0 spiro atoms. The Labute approximate surface area is 249 Å². The van der Waals surface area contributed by atoms with Crippen LogP contribution in [0, 0.1) is 0 Å². The molecule has 0 aromatic heterocycles. The maximum atomic E-state index is 11.8. The number of carbonyl (C=O) groups excluding carboxylic acids is 4. The summed E-state index contributed by atoms with van der Waals surface area (Å²) in [5.74, 6) is -3.17. The van der Waals surface area contributed by atoms with Crippen molar-refractivity contribution in [3.8, 4) is 0 Å². The van der Waals surface area contributed by atoms with Crippen molar-refractivity contribution < 1.29 is 61.8 Å². The highest BCUT2D eigenvalue weighted by Crippen LogP contribution is 2.28. The van der Waals surface area contributed by atoms with Crippen LogP contribution in [0.5, 0.6) is 0 Å². The molecule has 0 radical (unpaired) electrons. The van der Waals surface area contributed by atoms with Gasteiger partial charge in [0.15, 0.2) is 6.29 Å². The first kappa shape index (κ1) is 36.1. The number of carbonyl (C=O) groups is 4. The third-order valence-corrected chi connectivity index (χ3v) is 5.83. The van der Waals surface area contributed by atoms with Gasteiger partial charge in [-0.3, -0.25) is 19.2 Å². The number of thiol groups is 4. The largest absolute Gasteiger partial charge is 0.435 e. The molecule has 8 unspecified atom stereocenters. The van der Waals surface area contributed by atoms with Crippen LogP contribution in [-0.4, -0.2) is 110 Å². The minimum absolute atomic E-state index is 0.0931. The Balaban J connectivity index is 3.22. The van der Waals surface area contributed by atoms with Crippen LogP contribution in [0.1, 0.15) is 27.7 Å². The molecule has 1 heterocycles. The van der Waals surface area contributed by atoms with E-state index in [-0.39, 0.29) is 36.2 Å². The van der Waals surface area contributed by atoms with Gasteiger partial charge >= 0.3 is 23.9 Å². The summed E-state index contributed by atoms with van der Waals surface area (Å²) in [5, 5.41) is 0. The van der Waals surface area contributed by atoms with Crippen LogP contribution in [-0.2, 0) is 61.8 Å². The lowest BCUT2D eigenvalue weighted by Gasteiger charge is -2.43. The van der Waals surface area contributed by atoms with Crippen LogP contribution >= 0.6 is 50.5 Å². The zero-order chi connectivity index (χ0) is 29.5. The average Bonchev–Trinajstić information content (AvgIpc) is 2.89. The summed E-state index contributed by atoms with van der Waals surface area (Å²) in [5.41, 5.74) is 0. The van der Waals surface area contributed by atoms with Crippen LogP contribution < -0.4 is 0 Å². The van der Waals surface area contributed by atoms with Crippen molar-refractivity contribution >= 4 is 74.4 Å². The second-order valence-corrected chi connectivity index (χ2v) is 9.21. The van der Waals surface area contributed by atoms with E-state index in [1.807, 2.05) is 0 Å². The lowest BCUT2D eigenvalue weighted by molar-refractivity contribution is -0.310. The average molecular weight is 637 g/mol. The molecular formula is C22H36O13S4. The number of hydrogen-bond donors (Lipinski definition) is 4. The Hall–Kier alpha value is -0.920. The fraction of sp³-hybridized carbons (Fsp3) is 0.818. The van der Waals surface area contributed by atoms with Gasteiger partial charge in [0.1, 0.15) is 24.4 Å². The summed E-state index contributed by atoms with van der Waals surface area (Å²) in [6.07, 6.45) is -8.03. The van der Waals surface area contributed by atoms with E-state index in [0.29, 0.717) is 0 Å². The van der Waals surface area contributed by atoms with E-state index in [1.54, 1.807) is 0 Å². The predicted octanol–water partition coefficient (Wildman–Crippen LogP) is 0.833. The van der Waals surface area contributed by atoms with Gasteiger partial charge in [-0.05, 0) is 27.7 Å². The molecule has 39 heavy (non-hydrogen) atoms. The molecule has 0 N–H and O–H groups in total. The summed E-state index contributed by atoms with van der Waals surface area (Å²) >= 11 is 15.5. The van der Waals surface area contributed by atoms with E-state index in [4.69, 9.17) is 42.6 Å². The number of ether oxygens (including phenoxy) is 9. The normalized spacial score (nSPS) is 24.1. The number of esters is 4. The number of hydrogen-bond acceptors (Lipinski definition) is 17. The molecule has 1 saturated heterocycles. The zero-order valence-corrected chi connectivity index (χ0v) is 25.5. The fourth-order valence-electron chi connectivity index (χ4n) is 3.35. The predicted molar refractivity (Wildman–Crippen MR) is 148 cm³/mol. The van der Waals surface area contributed by atoms with E-state index in [2.05, 4.69) is 50.5 Å². The van der Waals surface area contributed by atoms with Gasteiger partial charge in [0.05, 0.1) is 36.2 Å². The Morgan fingerprint density at radius 1 is 0.641 bits per heavy atom. The van der Waals surface area contributed by atoms with Gasteiger partial charge in [0.25, 0.3) is 0 Å². The third kappa shape index (κ3) is 14.0. The smallest absolute Gasteiger partial charge is 0.317 e. The van der Waals surface area contributed by atoms with E-state index in [9.17, 15) is 19.2 Å². The molecule has 0 bridgehead atoms. The van der Waals surface area contributed by atoms with Crippen molar-refractivity contribution in [3.63, 3.8) is 0 Å². The van der Waals surface area contributed by atoms with Gasteiger partial charge in [-0.15, -0.1) is 0 Å². The SMILES string of the molecule is CC(OCC1OCC(OC(C)OC(=O)CS)C(OC(C)OC(=O)CS)C1OC(C)OC(=O)CS)OC(=O)CS. The maximum Gasteiger partial charge on any atom is 0.317 e. The molecule has 0 aliphatic carbocycles. The molecule has 0 amide bonds. The van der Waals surface area contributed by atoms with Gasteiger partial charge in [-0.2, -0.15) is 50.5 Å². The summed E-state index contributed by atoms with van der Waals surface area (Å²) in [6.45, 7) is 5.70. The first-order valence-corrected chi connectivity index (χ1v) is 14.4.